The third-order valence-electron chi connectivity index (χ3n) is 8.85. The predicted octanol–water partition coefficient (Wildman–Crippen LogP) is 8.75. The molecule has 0 aromatic heterocycles. The van der Waals surface area contributed by atoms with E-state index in [1.54, 1.807) is 12.1 Å². The smallest absolute Gasteiger partial charge is 0.123 e. The van der Waals surface area contributed by atoms with Gasteiger partial charge in [-0.25, -0.2) is 4.39 Å². The van der Waals surface area contributed by atoms with E-state index < -0.39 is 0 Å². The minimum Gasteiger partial charge on any atom is -0.207 e. The topological polar surface area (TPSA) is 0 Å². The molecule has 0 saturated heterocycles. The Kier molecular flexibility index (Phi) is 8.07. The van der Waals surface area contributed by atoms with Crippen molar-refractivity contribution in [3.63, 3.8) is 0 Å². The number of rotatable bonds is 6. The van der Waals surface area contributed by atoms with Gasteiger partial charge in [-0.1, -0.05) is 44.1 Å². The maximum atomic E-state index is 13.0. The van der Waals surface area contributed by atoms with Gasteiger partial charge in [0.1, 0.15) is 5.82 Å². The molecule has 0 aliphatic heterocycles. The fraction of sp³-hybridized carbons (Fsp3) is 0.724. The molecule has 3 aliphatic carbocycles. The van der Waals surface area contributed by atoms with Crippen LogP contribution in [0.2, 0.25) is 0 Å². The molecule has 1 aromatic rings. The lowest BCUT2D eigenvalue weighted by atomic mass is 9.69. The second kappa shape index (κ2) is 11.0. The highest BCUT2D eigenvalue weighted by molar-refractivity contribution is 5.16. The van der Waals surface area contributed by atoms with Gasteiger partial charge in [-0.15, -0.1) is 0 Å². The van der Waals surface area contributed by atoms with E-state index in [0.29, 0.717) is 0 Å². The summed E-state index contributed by atoms with van der Waals surface area (Å²) in [5.74, 6) is 5.51. The Bertz CT molecular complexity index is 635. The number of benzene rings is 1. The van der Waals surface area contributed by atoms with Gasteiger partial charge >= 0.3 is 0 Å². The second-order valence-corrected chi connectivity index (χ2v) is 11.0. The predicted molar refractivity (Wildman–Crippen MR) is 126 cm³/mol. The van der Waals surface area contributed by atoms with Crippen molar-refractivity contribution < 1.29 is 4.39 Å². The molecular formula is C29H43F. The molecule has 166 valence electrons. The molecule has 0 bridgehead atoms. The van der Waals surface area contributed by atoms with E-state index in [1.807, 2.05) is 12.1 Å². The Morgan fingerprint density at radius 3 is 1.77 bits per heavy atom. The molecule has 3 fully saturated rings. The van der Waals surface area contributed by atoms with E-state index in [1.165, 1.54) is 89.0 Å². The molecule has 0 nitrogen and oxygen atoms in total. The molecule has 0 amide bonds. The average Bonchev–Trinajstić information content (AvgIpc) is 2.79. The van der Waals surface area contributed by atoms with Crippen LogP contribution in [0.3, 0.4) is 0 Å². The lowest BCUT2D eigenvalue weighted by Gasteiger charge is -2.36. The van der Waals surface area contributed by atoms with E-state index in [9.17, 15) is 4.39 Å². The highest BCUT2D eigenvalue weighted by Gasteiger charge is 2.29. The number of allylic oxidation sites excluding steroid dienone is 2. The molecular weight excluding hydrogens is 367 g/mol. The van der Waals surface area contributed by atoms with E-state index in [0.717, 1.165) is 41.9 Å². The Hall–Kier alpha value is -1.11. The van der Waals surface area contributed by atoms with Gasteiger partial charge in [0.15, 0.2) is 0 Å². The minimum absolute atomic E-state index is 0.122. The second-order valence-electron chi connectivity index (χ2n) is 11.0. The van der Waals surface area contributed by atoms with Crippen LogP contribution in [0, 0.1) is 41.3 Å². The first-order valence-corrected chi connectivity index (χ1v) is 13.1. The largest absolute Gasteiger partial charge is 0.207 e. The summed E-state index contributed by atoms with van der Waals surface area (Å²) >= 11 is 0. The fourth-order valence-corrected chi connectivity index (χ4v) is 6.57. The van der Waals surface area contributed by atoms with Crippen molar-refractivity contribution in [1.82, 2.24) is 0 Å². The first-order chi connectivity index (χ1) is 14.7. The Labute approximate surface area is 184 Å². The van der Waals surface area contributed by atoms with Crippen LogP contribution in [0.5, 0.6) is 0 Å². The normalized spacial score (nSPS) is 35.5. The molecule has 0 heterocycles. The van der Waals surface area contributed by atoms with Crippen molar-refractivity contribution in [3.05, 3.63) is 47.8 Å². The van der Waals surface area contributed by atoms with Crippen LogP contribution in [0.4, 0.5) is 4.39 Å². The summed E-state index contributed by atoms with van der Waals surface area (Å²) in [4.78, 5) is 0. The van der Waals surface area contributed by atoms with Crippen molar-refractivity contribution >= 4 is 0 Å². The van der Waals surface area contributed by atoms with Crippen molar-refractivity contribution in [3.8, 4) is 0 Å². The van der Waals surface area contributed by atoms with Gasteiger partial charge in [0.25, 0.3) is 0 Å². The van der Waals surface area contributed by atoms with E-state index in [-0.39, 0.29) is 5.82 Å². The van der Waals surface area contributed by atoms with Gasteiger partial charge in [0.05, 0.1) is 0 Å². The highest BCUT2D eigenvalue weighted by atomic mass is 19.1. The molecule has 0 spiro atoms. The Balaban J connectivity index is 1.12. The number of halogens is 1. The van der Waals surface area contributed by atoms with Crippen LogP contribution in [0.15, 0.2) is 36.4 Å². The third-order valence-corrected chi connectivity index (χ3v) is 8.85. The molecule has 3 aliphatic rings. The SMILES string of the molecule is CC1CCC(C2CCC(/C=C/C3CCC(CCc4ccc(F)cc4)CC3)CC2)CC1. The van der Waals surface area contributed by atoms with Crippen molar-refractivity contribution in [1.29, 1.82) is 0 Å². The van der Waals surface area contributed by atoms with E-state index in [2.05, 4.69) is 19.1 Å². The zero-order valence-corrected chi connectivity index (χ0v) is 19.2. The van der Waals surface area contributed by atoms with Crippen LogP contribution in [0.25, 0.3) is 0 Å². The van der Waals surface area contributed by atoms with Crippen molar-refractivity contribution in [2.45, 2.75) is 96.8 Å². The van der Waals surface area contributed by atoms with Gasteiger partial charge in [0, 0.05) is 0 Å². The van der Waals surface area contributed by atoms with E-state index >= 15 is 0 Å². The summed E-state index contributed by atoms with van der Waals surface area (Å²) < 4.78 is 13.0. The Morgan fingerprint density at radius 2 is 1.20 bits per heavy atom. The molecule has 0 radical (unpaired) electrons. The van der Waals surface area contributed by atoms with Gasteiger partial charge in [-0.3, -0.25) is 0 Å². The lowest BCUT2D eigenvalue weighted by Crippen LogP contribution is -2.24. The highest BCUT2D eigenvalue weighted by Crippen LogP contribution is 2.42. The molecule has 30 heavy (non-hydrogen) atoms. The minimum atomic E-state index is -0.122. The number of aryl methyl sites for hydroxylation is 1. The molecule has 1 heteroatoms. The zero-order valence-electron chi connectivity index (χ0n) is 19.2. The lowest BCUT2D eigenvalue weighted by molar-refractivity contribution is 0.160. The standard InChI is InChI=1S/C29H43F/c1-22-2-16-27(17-3-22)28-18-12-25(13-19-28)10-8-23-4-6-24(7-5-23)9-11-26-14-20-29(30)21-15-26/h8,10,14-15,20-25,27-28H,2-7,9,11-13,16-19H2,1H3/b10-8+. The molecule has 0 unspecified atom stereocenters. The van der Waals surface area contributed by atoms with Crippen LogP contribution in [-0.4, -0.2) is 0 Å². The zero-order chi connectivity index (χ0) is 20.8. The first-order valence-electron chi connectivity index (χ1n) is 13.1. The summed E-state index contributed by atoms with van der Waals surface area (Å²) in [6.45, 7) is 2.44. The van der Waals surface area contributed by atoms with Gasteiger partial charge in [-0.05, 0) is 130 Å². The van der Waals surface area contributed by atoms with E-state index in [4.69, 9.17) is 0 Å². The van der Waals surface area contributed by atoms with Crippen LogP contribution in [-0.2, 0) is 6.42 Å². The van der Waals surface area contributed by atoms with Gasteiger partial charge in [-0.2, -0.15) is 0 Å². The summed E-state index contributed by atoms with van der Waals surface area (Å²) in [7, 11) is 0. The average molecular weight is 411 g/mol. The molecule has 4 rings (SSSR count). The summed E-state index contributed by atoms with van der Waals surface area (Å²) in [6.07, 6.45) is 25.0. The molecule has 3 saturated carbocycles. The fourth-order valence-electron chi connectivity index (χ4n) is 6.57. The van der Waals surface area contributed by atoms with Crippen LogP contribution < -0.4 is 0 Å². The summed E-state index contributed by atoms with van der Waals surface area (Å²) in [6, 6.07) is 7.10. The molecule has 0 atom stereocenters. The quantitative estimate of drug-likeness (QED) is 0.411. The van der Waals surface area contributed by atoms with Gasteiger partial charge in [0.2, 0.25) is 0 Å². The monoisotopic (exact) mass is 410 g/mol. The number of hydrogen-bond acceptors (Lipinski definition) is 0. The van der Waals surface area contributed by atoms with Crippen LogP contribution >= 0.6 is 0 Å². The first kappa shape index (κ1) is 22.1. The van der Waals surface area contributed by atoms with Crippen LogP contribution in [0.1, 0.15) is 96.0 Å². The maximum absolute atomic E-state index is 13.0. The number of hydrogen-bond donors (Lipinski definition) is 0. The Morgan fingerprint density at radius 1 is 0.700 bits per heavy atom. The third kappa shape index (κ3) is 6.44. The maximum Gasteiger partial charge on any atom is 0.123 e. The summed E-state index contributed by atoms with van der Waals surface area (Å²) in [5.41, 5.74) is 1.29. The van der Waals surface area contributed by atoms with Crippen molar-refractivity contribution in [2.75, 3.05) is 0 Å². The molecule has 0 N–H and O–H groups in total. The molecule has 1 aromatic carbocycles. The summed E-state index contributed by atoms with van der Waals surface area (Å²) in [5, 5.41) is 0. The van der Waals surface area contributed by atoms with Crippen molar-refractivity contribution in [2.24, 2.45) is 35.5 Å². The van der Waals surface area contributed by atoms with Gasteiger partial charge < -0.3 is 0 Å².